The SMILES string of the molecule is CCN(CCCCN)c1c(F)cc2c(=O)c(C(=O)O)cn(C3CC3)c2c1OC. The minimum absolute atomic E-state index is 0.0305. The first-order valence-corrected chi connectivity index (χ1v) is 9.58. The van der Waals surface area contributed by atoms with E-state index in [1.807, 2.05) is 11.8 Å². The maximum absolute atomic E-state index is 15.1. The van der Waals surface area contributed by atoms with Crippen LogP contribution in [-0.2, 0) is 0 Å². The summed E-state index contributed by atoms with van der Waals surface area (Å²) in [7, 11) is 1.44. The number of hydrogen-bond acceptors (Lipinski definition) is 5. The first kappa shape index (κ1) is 20.1. The number of carboxylic acids is 1. The number of carboxylic acid groups (broad SMARTS) is 1. The number of fused-ring (bicyclic) bond motifs is 1. The van der Waals surface area contributed by atoms with Gasteiger partial charge in [0.25, 0.3) is 0 Å². The van der Waals surface area contributed by atoms with Crippen LogP contribution in [0.5, 0.6) is 5.75 Å². The predicted octanol–water partition coefficient (Wildman–Crippen LogP) is 2.75. The highest BCUT2D eigenvalue weighted by atomic mass is 19.1. The highest BCUT2D eigenvalue weighted by molar-refractivity contribution is 5.97. The number of pyridine rings is 1. The summed E-state index contributed by atoms with van der Waals surface area (Å²) in [5.74, 6) is -1.65. The number of halogens is 1. The van der Waals surface area contributed by atoms with E-state index in [-0.39, 0.29) is 22.7 Å². The minimum Gasteiger partial charge on any atom is -0.492 e. The molecule has 1 aromatic heterocycles. The lowest BCUT2D eigenvalue weighted by Gasteiger charge is -2.27. The van der Waals surface area contributed by atoms with Crippen molar-refractivity contribution < 1.29 is 19.0 Å². The molecule has 1 saturated carbocycles. The van der Waals surface area contributed by atoms with Crippen molar-refractivity contribution in [1.82, 2.24) is 4.57 Å². The monoisotopic (exact) mass is 391 g/mol. The maximum Gasteiger partial charge on any atom is 0.341 e. The molecule has 0 spiro atoms. The molecule has 3 N–H and O–H groups in total. The third kappa shape index (κ3) is 3.56. The summed E-state index contributed by atoms with van der Waals surface area (Å²) in [6, 6.07) is 1.23. The first-order valence-electron chi connectivity index (χ1n) is 9.58. The number of unbranched alkanes of at least 4 members (excludes halogenated alkanes) is 1. The topological polar surface area (TPSA) is 97.8 Å². The molecule has 1 heterocycles. The van der Waals surface area contributed by atoms with Crippen LogP contribution in [0.3, 0.4) is 0 Å². The van der Waals surface area contributed by atoms with Crippen molar-refractivity contribution in [3.8, 4) is 5.75 Å². The number of aromatic carboxylic acids is 1. The van der Waals surface area contributed by atoms with Crippen LogP contribution in [0.25, 0.3) is 10.9 Å². The molecule has 0 saturated heterocycles. The van der Waals surface area contributed by atoms with E-state index in [0.717, 1.165) is 31.7 Å². The maximum atomic E-state index is 15.1. The van der Waals surface area contributed by atoms with Crippen LogP contribution in [0, 0.1) is 5.82 Å². The summed E-state index contributed by atoms with van der Waals surface area (Å²) in [6.07, 6.45) is 4.74. The van der Waals surface area contributed by atoms with Gasteiger partial charge in [-0.25, -0.2) is 9.18 Å². The van der Waals surface area contributed by atoms with Crippen LogP contribution in [0.4, 0.5) is 10.1 Å². The molecule has 0 unspecified atom stereocenters. The average molecular weight is 391 g/mol. The van der Waals surface area contributed by atoms with E-state index in [4.69, 9.17) is 10.5 Å². The first-order chi connectivity index (χ1) is 13.4. The number of hydrogen-bond donors (Lipinski definition) is 2. The summed E-state index contributed by atoms with van der Waals surface area (Å²) in [4.78, 5) is 26.1. The molecule has 0 amide bonds. The number of ether oxygens (including phenoxy) is 1. The van der Waals surface area contributed by atoms with Gasteiger partial charge in [-0.15, -0.1) is 0 Å². The van der Waals surface area contributed by atoms with Crippen LogP contribution < -0.4 is 20.8 Å². The minimum atomic E-state index is -1.32. The fraction of sp³-hybridized carbons (Fsp3) is 0.500. The molecule has 1 aromatic carbocycles. The van der Waals surface area contributed by atoms with Gasteiger partial charge in [0.05, 0.1) is 18.0 Å². The average Bonchev–Trinajstić information content (AvgIpc) is 3.50. The Hall–Kier alpha value is -2.61. The molecule has 2 aromatic rings. The lowest BCUT2D eigenvalue weighted by atomic mass is 10.1. The number of aromatic nitrogens is 1. The Morgan fingerprint density at radius 3 is 2.68 bits per heavy atom. The third-order valence-electron chi connectivity index (χ3n) is 5.15. The molecule has 28 heavy (non-hydrogen) atoms. The third-order valence-corrected chi connectivity index (χ3v) is 5.15. The zero-order chi connectivity index (χ0) is 20.4. The Balaban J connectivity index is 2.28. The zero-order valence-corrected chi connectivity index (χ0v) is 16.2. The molecule has 1 fully saturated rings. The van der Waals surface area contributed by atoms with E-state index < -0.39 is 17.2 Å². The Bertz CT molecular complexity index is 953. The van der Waals surface area contributed by atoms with E-state index in [0.29, 0.717) is 30.8 Å². The summed E-state index contributed by atoms with van der Waals surface area (Å²) < 4.78 is 22.5. The molecule has 152 valence electrons. The number of carbonyl (C=O) groups is 1. The smallest absolute Gasteiger partial charge is 0.341 e. The van der Waals surface area contributed by atoms with Crippen molar-refractivity contribution in [1.29, 1.82) is 0 Å². The molecular formula is C20H26FN3O4. The van der Waals surface area contributed by atoms with E-state index >= 15 is 4.39 Å². The molecule has 1 aliphatic carbocycles. The van der Waals surface area contributed by atoms with Crippen molar-refractivity contribution in [3.63, 3.8) is 0 Å². The molecule has 7 nitrogen and oxygen atoms in total. The molecule has 0 aliphatic heterocycles. The van der Waals surface area contributed by atoms with Crippen molar-refractivity contribution >= 4 is 22.6 Å². The van der Waals surface area contributed by atoms with Crippen LogP contribution in [0.2, 0.25) is 0 Å². The molecule has 0 radical (unpaired) electrons. The van der Waals surface area contributed by atoms with E-state index in [1.165, 1.54) is 13.3 Å². The standard InChI is InChI=1S/C20H26FN3O4/c1-3-23(9-5-4-8-22)17-15(21)10-13-16(19(17)28-2)24(12-6-7-12)11-14(18(13)25)20(26)27/h10-12H,3-9,22H2,1-2H3,(H,26,27). The number of methoxy groups -OCH3 is 1. The summed E-state index contributed by atoms with van der Waals surface area (Å²) in [6.45, 7) is 3.65. The largest absolute Gasteiger partial charge is 0.492 e. The van der Waals surface area contributed by atoms with Gasteiger partial charge in [-0.1, -0.05) is 0 Å². The summed E-state index contributed by atoms with van der Waals surface area (Å²) in [5, 5.41) is 9.42. The van der Waals surface area contributed by atoms with Gasteiger partial charge in [-0.05, 0) is 45.2 Å². The highest BCUT2D eigenvalue weighted by Crippen LogP contribution is 2.43. The number of nitrogens with two attached hydrogens (primary N) is 1. The van der Waals surface area contributed by atoms with Crippen molar-refractivity contribution in [3.05, 3.63) is 33.9 Å². The zero-order valence-electron chi connectivity index (χ0n) is 16.2. The molecule has 3 rings (SSSR count). The van der Waals surface area contributed by atoms with Crippen LogP contribution in [0.1, 0.15) is 49.0 Å². The fourth-order valence-corrected chi connectivity index (χ4v) is 3.60. The normalized spacial score (nSPS) is 13.7. The van der Waals surface area contributed by atoms with E-state index in [1.54, 1.807) is 4.57 Å². The van der Waals surface area contributed by atoms with Crippen molar-refractivity contribution in [2.24, 2.45) is 5.73 Å². The molecule has 8 heteroatoms. The van der Waals surface area contributed by atoms with Gasteiger partial charge in [0.1, 0.15) is 11.3 Å². The van der Waals surface area contributed by atoms with Gasteiger partial charge in [-0.2, -0.15) is 0 Å². The second kappa shape index (κ2) is 8.18. The fourth-order valence-electron chi connectivity index (χ4n) is 3.60. The second-order valence-electron chi connectivity index (χ2n) is 7.03. The van der Waals surface area contributed by atoms with Crippen LogP contribution >= 0.6 is 0 Å². The molecule has 1 aliphatic rings. The van der Waals surface area contributed by atoms with Crippen LogP contribution in [0.15, 0.2) is 17.1 Å². The number of benzene rings is 1. The summed E-state index contributed by atoms with van der Waals surface area (Å²) >= 11 is 0. The number of nitrogens with zero attached hydrogens (tertiary/aromatic N) is 2. The number of anilines is 1. The van der Waals surface area contributed by atoms with Gasteiger partial charge in [-0.3, -0.25) is 4.79 Å². The van der Waals surface area contributed by atoms with Gasteiger partial charge >= 0.3 is 5.97 Å². The molecule has 0 bridgehead atoms. The second-order valence-corrected chi connectivity index (χ2v) is 7.03. The van der Waals surface area contributed by atoms with Gasteiger partial charge in [0, 0.05) is 25.3 Å². The van der Waals surface area contributed by atoms with Gasteiger partial charge < -0.3 is 25.0 Å². The van der Waals surface area contributed by atoms with E-state index in [2.05, 4.69) is 0 Å². The predicted molar refractivity (Wildman–Crippen MR) is 106 cm³/mol. The lowest BCUT2D eigenvalue weighted by Crippen LogP contribution is -2.27. The molecule has 0 atom stereocenters. The van der Waals surface area contributed by atoms with Crippen LogP contribution in [-0.4, -0.2) is 42.4 Å². The Labute approximate surface area is 162 Å². The molecular weight excluding hydrogens is 365 g/mol. The Kier molecular flexibility index (Phi) is 5.88. The van der Waals surface area contributed by atoms with Gasteiger partial charge in [0.15, 0.2) is 11.6 Å². The van der Waals surface area contributed by atoms with Gasteiger partial charge in [0.2, 0.25) is 5.43 Å². The highest BCUT2D eigenvalue weighted by Gasteiger charge is 2.31. The Morgan fingerprint density at radius 2 is 2.14 bits per heavy atom. The Morgan fingerprint density at radius 1 is 1.43 bits per heavy atom. The lowest BCUT2D eigenvalue weighted by molar-refractivity contribution is 0.0695. The van der Waals surface area contributed by atoms with E-state index in [9.17, 15) is 14.7 Å². The van der Waals surface area contributed by atoms with Crippen molar-refractivity contribution in [2.75, 3.05) is 31.6 Å². The quantitative estimate of drug-likeness (QED) is 0.638. The van der Waals surface area contributed by atoms with Crippen molar-refractivity contribution in [2.45, 2.75) is 38.6 Å². The number of rotatable bonds is 9. The summed E-state index contributed by atoms with van der Waals surface area (Å²) in [5.41, 5.74) is 5.26.